The molecule has 1 aliphatic rings. The Morgan fingerprint density at radius 2 is 1.54 bits per heavy atom. The van der Waals surface area contributed by atoms with Crippen molar-refractivity contribution >= 4 is 34.7 Å². The van der Waals surface area contributed by atoms with Gasteiger partial charge in [-0.25, -0.2) is 4.90 Å². The number of carbonyl (C=O) groups excluding carboxylic acids is 2. The van der Waals surface area contributed by atoms with Gasteiger partial charge in [0, 0.05) is 0 Å². The monoisotopic (exact) mass is 341 g/mol. The summed E-state index contributed by atoms with van der Waals surface area (Å²) >= 11 is 6.20. The van der Waals surface area contributed by atoms with Crippen molar-refractivity contribution < 1.29 is 14.3 Å². The van der Waals surface area contributed by atoms with Gasteiger partial charge in [-0.15, -0.1) is 0 Å². The van der Waals surface area contributed by atoms with E-state index in [1.54, 1.807) is 24.3 Å². The van der Waals surface area contributed by atoms with Crippen molar-refractivity contribution in [1.29, 1.82) is 0 Å². The van der Waals surface area contributed by atoms with E-state index >= 15 is 0 Å². The highest BCUT2D eigenvalue weighted by Gasteiger charge is 2.40. The minimum atomic E-state index is -0.541. The van der Waals surface area contributed by atoms with Crippen LogP contribution in [0.1, 0.15) is 16.7 Å². The predicted octanol–water partition coefficient (Wildman–Crippen LogP) is 3.84. The molecule has 0 fully saturated rings. The molecule has 0 aliphatic carbocycles. The molecule has 4 nitrogen and oxygen atoms in total. The van der Waals surface area contributed by atoms with Crippen molar-refractivity contribution in [1.82, 2.24) is 0 Å². The summed E-state index contributed by atoms with van der Waals surface area (Å²) in [6.45, 7) is 3.83. The molecule has 0 atom stereocenters. The Morgan fingerprint density at radius 1 is 0.917 bits per heavy atom. The topological polar surface area (TPSA) is 46.6 Å². The largest absolute Gasteiger partial charge is 0.495 e. The lowest BCUT2D eigenvalue weighted by atomic mass is 10.0. The van der Waals surface area contributed by atoms with Crippen molar-refractivity contribution in [2.24, 2.45) is 0 Å². The molecular formula is C19H16ClNO3. The molecule has 0 radical (unpaired) electrons. The molecule has 5 heteroatoms. The fourth-order valence-electron chi connectivity index (χ4n) is 2.67. The lowest BCUT2D eigenvalue weighted by molar-refractivity contribution is -0.119. The molecule has 24 heavy (non-hydrogen) atoms. The Bertz CT molecular complexity index is 869. The van der Waals surface area contributed by atoms with E-state index in [1.165, 1.54) is 7.11 Å². The SMILES string of the molecule is COc1ccc(C)cc1N1C(=O)C(Cl)=C(c2ccc(C)cc2)C1=O. The number of nitrogens with zero attached hydrogens (tertiary/aromatic N) is 1. The minimum absolute atomic E-state index is 0.0765. The number of methoxy groups -OCH3 is 1. The van der Waals surface area contributed by atoms with Gasteiger partial charge in [-0.2, -0.15) is 0 Å². The standard InChI is InChI=1S/C19H16ClNO3/c1-11-4-7-13(8-5-11)16-17(20)19(23)21(18(16)22)14-10-12(2)6-9-15(14)24-3/h4-10H,1-3H3. The summed E-state index contributed by atoms with van der Waals surface area (Å²) in [4.78, 5) is 26.6. The molecule has 122 valence electrons. The van der Waals surface area contributed by atoms with Crippen LogP contribution in [0, 0.1) is 13.8 Å². The van der Waals surface area contributed by atoms with Crippen molar-refractivity contribution in [3.8, 4) is 5.75 Å². The molecule has 0 bridgehead atoms. The van der Waals surface area contributed by atoms with Gasteiger partial charge in [0.25, 0.3) is 11.8 Å². The van der Waals surface area contributed by atoms with E-state index < -0.39 is 11.8 Å². The molecule has 0 saturated carbocycles. The van der Waals surface area contributed by atoms with E-state index in [1.807, 2.05) is 32.0 Å². The number of hydrogen-bond donors (Lipinski definition) is 0. The maximum Gasteiger partial charge on any atom is 0.277 e. The van der Waals surface area contributed by atoms with Crippen LogP contribution in [0.15, 0.2) is 47.5 Å². The van der Waals surface area contributed by atoms with Gasteiger partial charge >= 0.3 is 0 Å². The summed E-state index contributed by atoms with van der Waals surface area (Å²) in [6, 6.07) is 12.6. The summed E-state index contributed by atoms with van der Waals surface area (Å²) in [7, 11) is 1.50. The molecule has 0 spiro atoms. The van der Waals surface area contributed by atoms with Crippen molar-refractivity contribution in [2.45, 2.75) is 13.8 Å². The lowest BCUT2D eigenvalue weighted by Crippen LogP contribution is -2.31. The second-order valence-corrected chi connectivity index (χ2v) is 6.05. The highest BCUT2D eigenvalue weighted by molar-refractivity contribution is 6.60. The Hall–Kier alpha value is -2.59. The van der Waals surface area contributed by atoms with Gasteiger partial charge in [-0.1, -0.05) is 47.5 Å². The number of aryl methyl sites for hydroxylation is 2. The van der Waals surface area contributed by atoms with Gasteiger partial charge in [-0.05, 0) is 37.1 Å². The van der Waals surface area contributed by atoms with Crippen LogP contribution in [0.25, 0.3) is 5.57 Å². The number of imide groups is 1. The molecule has 0 aromatic heterocycles. The van der Waals surface area contributed by atoms with E-state index in [-0.39, 0.29) is 10.6 Å². The fourth-order valence-corrected chi connectivity index (χ4v) is 2.94. The van der Waals surface area contributed by atoms with Gasteiger partial charge < -0.3 is 4.74 Å². The average molecular weight is 342 g/mol. The quantitative estimate of drug-likeness (QED) is 0.797. The van der Waals surface area contributed by atoms with Crippen LogP contribution in [0.4, 0.5) is 5.69 Å². The molecule has 0 unspecified atom stereocenters. The third kappa shape index (κ3) is 2.59. The normalized spacial score (nSPS) is 14.6. The first-order valence-corrected chi connectivity index (χ1v) is 7.82. The summed E-state index contributed by atoms with van der Waals surface area (Å²) in [5, 5.41) is -0.0765. The third-order valence-corrected chi connectivity index (χ3v) is 4.29. The Labute approximate surface area is 145 Å². The number of halogens is 1. The number of rotatable bonds is 3. The predicted molar refractivity (Wildman–Crippen MR) is 94.2 cm³/mol. The molecule has 2 amide bonds. The maximum absolute atomic E-state index is 12.9. The number of hydrogen-bond acceptors (Lipinski definition) is 3. The Balaban J connectivity index is 2.09. The van der Waals surface area contributed by atoms with Crippen LogP contribution in [0.3, 0.4) is 0 Å². The number of ether oxygens (including phenoxy) is 1. The second-order valence-electron chi connectivity index (χ2n) is 5.68. The third-order valence-electron chi connectivity index (χ3n) is 3.94. The van der Waals surface area contributed by atoms with Gasteiger partial charge in [0.15, 0.2) is 0 Å². The van der Waals surface area contributed by atoms with Crippen LogP contribution in [-0.2, 0) is 9.59 Å². The fraction of sp³-hybridized carbons (Fsp3) is 0.158. The van der Waals surface area contributed by atoms with Crippen LogP contribution >= 0.6 is 11.6 Å². The van der Waals surface area contributed by atoms with E-state index in [9.17, 15) is 9.59 Å². The second kappa shape index (κ2) is 6.13. The first kappa shape index (κ1) is 16.3. The van der Waals surface area contributed by atoms with Crippen LogP contribution in [-0.4, -0.2) is 18.9 Å². The Kier molecular flexibility index (Phi) is 4.16. The number of carbonyl (C=O) groups is 2. The molecule has 0 saturated heterocycles. The van der Waals surface area contributed by atoms with Crippen LogP contribution in [0.2, 0.25) is 0 Å². The summed E-state index contributed by atoms with van der Waals surface area (Å²) < 4.78 is 5.29. The highest BCUT2D eigenvalue weighted by atomic mass is 35.5. The zero-order chi connectivity index (χ0) is 17.4. The summed E-state index contributed by atoms with van der Waals surface area (Å²) in [6.07, 6.45) is 0. The van der Waals surface area contributed by atoms with E-state index in [2.05, 4.69) is 0 Å². The maximum atomic E-state index is 12.9. The van der Waals surface area contributed by atoms with Gasteiger partial charge in [0.05, 0.1) is 18.4 Å². The van der Waals surface area contributed by atoms with Crippen molar-refractivity contribution in [3.05, 3.63) is 64.2 Å². The van der Waals surface area contributed by atoms with E-state index in [4.69, 9.17) is 16.3 Å². The summed E-state index contributed by atoms with van der Waals surface area (Å²) in [5.41, 5.74) is 3.20. The van der Waals surface area contributed by atoms with Gasteiger partial charge in [-0.3, -0.25) is 9.59 Å². The van der Waals surface area contributed by atoms with E-state index in [0.717, 1.165) is 16.0 Å². The minimum Gasteiger partial charge on any atom is -0.495 e. The molecule has 1 heterocycles. The average Bonchev–Trinajstić information content (AvgIpc) is 2.78. The highest BCUT2D eigenvalue weighted by Crippen LogP contribution is 2.39. The van der Waals surface area contributed by atoms with Crippen LogP contribution in [0.5, 0.6) is 5.75 Å². The van der Waals surface area contributed by atoms with Crippen molar-refractivity contribution in [3.63, 3.8) is 0 Å². The zero-order valence-electron chi connectivity index (χ0n) is 13.6. The van der Waals surface area contributed by atoms with Gasteiger partial charge in [0.2, 0.25) is 0 Å². The molecular weight excluding hydrogens is 326 g/mol. The summed E-state index contributed by atoms with van der Waals surface area (Å²) in [5.74, 6) is -0.546. The van der Waals surface area contributed by atoms with E-state index in [0.29, 0.717) is 17.0 Å². The van der Waals surface area contributed by atoms with Gasteiger partial charge in [0.1, 0.15) is 10.8 Å². The molecule has 2 aromatic carbocycles. The molecule has 0 N–H and O–H groups in total. The van der Waals surface area contributed by atoms with Crippen molar-refractivity contribution in [2.75, 3.05) is 12.0 Å². The Morgan fingerprint density at radius 3 is 2.17 bits per heavy atom. The van der Waals surface area contributed by atoms with Crippen LogP contribution < -0.4 is 9.64 Å². The first-order valence-electron chi connectivity index (χ1n) is 7.44. The first-order chi connectivity index (χ1) is 11.4. The smallest absolute Gasteiger partial charge is 0.277 e. The molecule has 3 rings (SSSR count). The zero-order valence-corrected chi connectivity index (χ0v) is 14.3. The molecule has 2 aromatic rings. The molecule has 1 aliphatic heterocycles. The number of amides is 2. The number of anilines is 1. The lowest BCUT2D eigenvalue weighted by Gasteiger charge is -2.18. The number of benzene rings is 2.